The molecule has 2 heterocycles. The molecule has 0 unspecified atom stereocenters. The summed E-state index contributed by atoms with van der Waals surface area (Å²) in [7, 11) is 0. The van der Waals surface area contributed by atoms with Crippen molar-refractivity contribution < 1.29 is 0 Å². The van der Waals surface area contributed by atoms with Crippen LogP contribution in [0.2, 0.25) is 0 Å². The standard InChI is InChI=1S/C11H11N3O/c1-9-6-11(15)14(13-7-9)8-10-4-2-3-5-12-10/h2-7H,8H2,1H3. The molecule has 0 aliphatic rings. The second kappa shape index (κ2) is 4.04. The highest BCUT2D eigenvalue weighted by molar-refractivity contribution is 5.06. The Kier molecular flexibility index (Phi) is 2.58. The average molecular weight is 201 g/mol. The molecule has 0 aliphatic carbocycles. The Morgan fingerprint density at radius 1 is 1.40 bits per heavy atom. The van der Waals surface area contributed by atoms with Gasteiger partial charge in [-0.1, -0.05) is 6.07 Å². The van der Waals surface area contributed by atoms with Crippen molar-refractivity contribution in [3.63, 3.8) is 0 Å². The lowest BCUT2D eigenvalue weighted by molar-refractivity contribution is 0.625. The van der Waals surface area contributed by atoms with E-state index in [4.69, 9.17) is 0 Å². The highest BCUT2D eigenvalue weighted by atomic mass is 16.1. The van der Waals surface area contributed by atoms with Crippen LogP contribution in [0.4, 0.5) is 0 Å². The molecule has 4 heteroatoms. The summed E-state index contributed by atoms with van der Waals surface area (Å²) in [5.41, 5.74) is 1.61. The van der Waals surface area contributed by atoms with Crippen LogP contribution in [0, 0.1) is 6.92 Å². The first-order valence-electron chi connectivity index (χ1n) is 4.69. The van der Waals surface area contributed by atoms with Gasteiger partial charge in [0, 0.05) is 12.3 Å². The van der Waals surface area contributed by atoms with E-state index in [0.29, 0.717) is 6.54 Å². The summed E-state index contributed by atoms with van der Waals surface area (Å²) in [4.78, 5) is 15.7. The van der Waals surface area contributed by atoms with Crippen LogP contribution < -0.4 is 5.56 Å². The van der Waals surface area contributed by atoms with E-state index in [-0.39, 0.29) is 5.56 Å². The molecule has 0 atom stereocenters. The predicted molar refractivity (Wildman–Crippen MR) is 56.6 cm³/mol. The van der Waals surface area contributed by atoms with Gasteiger partial charge in [0.1, 0.15) is 0 Å². The van der Waals surface area contributed by atoms with Crippen LogP contribution in [0.25, 0.3) is 0 Å². The molecule has 0 fully saturated rings. The van der Waals surface area contributed by atoms with Crippen LogP contribution in [0.5, 0.6) is 0 Å². The molecule has 0 saturated heterocycles. The zero-order chi connectivity index (χ0) is 10.7. The Hall–Kier alpha value is -1.97. The van der Waals surface area contributed by atoms with Gasteiger partial charge in [0.2, 0.25) is 0 Å². The summed E-state index contributed by atoms with van der Waals surface area (Å²) in [6.07, 6.45) is 3.37. The van der Waals surface area contributed by atoms with Gasteiger partial charge in [-0.3, -0.25) is 9.78 Å². The van der Waals surface area contributed by atoms with E-state index in [9.17, 15) is 4.79 Å². The van der Waals surface area contributed by atoms with Gasteiger partial charge in [-0.2, -0.15) is 5.10 Å². The van der Waals surface area contributed by atoms with Gasteiger partial charge in [-0.25, -0.2) is 4.68 Å². The van der Waals surface area contributed by atoms with E-state index >= 15 is 0 Å². The van der Waals surface area contributed by atoms with Crippen molar-refractivity contribution >= 4 is 0 Å². The molecule has 0 radical (unpaired) electrons. The van der Waals surface area contributed by atoms with Gasteiger partial charge in [0.25, 0.3) is 5.56 Å². The van der Waals surface area contributed by atoms with Gasteiger partial charge in [-0.05, 0) is 24.6 Å². The molecule has 4 nitrogen and oxygen atoms in total. The van der Waals surface area contributed by atoms with Crippen LogP contribution in [0.1, 0.15) is 11.3 Å². The van der Waals surface area contributed by atoms with Crippen molar-refractivity contribution in [1.82, 2.24) is 14.8 Å². The minimum atomic E-state index is -0.0966. The number of rotatable bonds is 2. The summed E-state index contributed by atoms with van der Waals surface area (Å²) >= 11 is 0. The maximum atomic E-state index is 11.5. The van der Waals surface area contributed by atoms with E-state index < -0.39 is 0 Å². The van der Waals surface area contributed by atoms with Crippen LogP contribution in [0.3, 0.4) is 0 Å². The first-order valence-corrected chi connectivity index (χ1v) is 4.69. The van der Waals surface area contributed by atoms with Gasteiger partial charge in [-0.15, -0.1) is 0 Å². The fourth-order valence-electron chi connectivity index (χ4n) is 1.29. The van der Waals surface area contributed by atoms with Crippen molar-refractivity contribution in [2.75, 3.05) is 0 Å². The zero-order valence-corrected chi connectivity index (χ0v) is 8.42. The topological polar surface area (TPSA) is 47.8 Å². The molecule has 0 N–H and O–H groups in total. The molecule has 0 amide bonds. The van der Waals surface area contributed by atoms with E-state index in [2.05, 4.69) is 10.1 Å². The quantitative estimate of drug-likeness (QED) is 0.728. The minimum Gasteiger partial charge on any atom is -0.268 e. The van der Waals surface area contributed by atoms with Crippen LogP contribution >= 0.6 is 0 Å². The maximum Gasteiger partial charge on any atom is 0.267 e. The van der Waals surface area contributed by atoms with E-state index in [1.807, 2.05) is 25.1 Å². The van der Waals surface area contributed by atoms with Gasteiger partial charge in [0.15, 0.2) is 0 Å². The lowest BCUT2D eigenvalue weighted by atomic mass is 10.3. The van der Waals surface area contributed by atoms with E-state index in [0.717, 1.165) is 11.3 Å². The van der Waals surface area contributed by atoms with Gasteiger partial charge < -0.3 is 0 Å². The zero-order valence-electron chi connectivity index (χ0n) is 8.42. The molecule has 2 aromatic heterocycles. The first-order chi connectivity index (χ1) is 7.25. The van der Waals surface area contributed by atoms with Crippen molar-refractivity contribution in [3.8, 4) is 0 Å². The molecule has 0 aliphatic heterocycles. The fraction of sp³-hybridized carbons (Fsp3) is 0.182. The van der Waals surface area contributed by atoms with Crippen molar-refractivity contribution in [3.05, 3.63) is 58.3 Å². The average Bonchev–Trinajstić information content (AvgIpc) is 2.24. The number of nitrogens with zero attached hydrogens (tertiary/aromatic N) is 3. The molecular formula is C11H11N3O. The number of pyridine rings is 1. The Labute approximate surface area is 87.2 Å². The molecule has 0 bridgehead atoms. The normalized spacial score (nSPS) is 10.2. The summed E-state index contributed by atoms with van der Waals surface area (Å²) in [5.74, 6) is 0. The van der Waals surface area contributed by atoms with Crippen LogP contribution in [-0.4, -0.2) is 14.8 Å². The first kappa shape index (κ1) is 9.58. The summed E-state index contributed by atoms with van der Waals surface area (Å²) < 4.78 is 1.40. The van der Waals surface area contributed by atoms with Crippen LogP contribution in [-0.2, 0) is 6.54 Å². The molecule has 0 aromatic carbocycles. The van der Waals surface area contributed by atoms with Crippen LogP contribution in [0.15, 0.2) is 41.5 Å². The highest BCUT2D eigenvalue weighted by Gasteiger charge is 1.99. The fourth-order valence-corrected chi connectivity index (χ4v) is 1.29. The molecule has 0 spiro atoms. The third kappa shape index (κ3) is 2.28. The summed E-state index contributed by atoms with van der Waals surface area (Å²) in [5, 5.41) is 4.04. The van der Waals surface area contributed by atoms with E-state index in [1.165, 1.54) is 4.68 Å². The Balaban J connectivity index is 2.29. The number of aryl methyl sites for hydroxylation is 1. The molecule has 15 heavy (non-hydrogen) atoms. The molecular weight excluding hydrogens is 190 g/mol. The summed E-state index contributed by atoms with van der Waals surface area (Å²) in [6, 6.07) is 7.17. The summed E-state index contributed by atoms with van der Waals surface area (Å²) in [6.45, 7) is 2.26. The third-order valence-electron chi connectivity index (χ3n) is 2.04. The molecule has 0 saturated carbocycles. The largest absolute Gasteiger partial charge is 0.268 e. The number of aromatic nitrogens is 3. The Bertz CT molecular complexity index is 505. The number of hydrogen-bond acceptors (Lipinski definition) is 3. The highest BCUT2D eigenvalue weighted by Crippen LogP contribution is 1.95. The molecule has 76 valence electrons. The number of hydrogen-bond donors (Lipinski definition) is 0. The monoisotopic (exact) mass is 201 g/mol. The van der Waals surface area contributed by atoms with Gasteiger partial charge >= 0.3 is 0 Å². The predicted octanol–water partition coefficient (Wildman–Crippen LogP) is 0.995. The van der Waals surface area contributed by atoms with Gasteiger partial charge in [0.05, 0.1) is 18.4 Å². The van der Waals surface area contributed by atoms with Crippen molar-refractivity contribution in [1.29, 1.82) is 0 Å². The van der Waals surface area contributed by atoms with E-state index in [1.54, 1.807) is 18.5 Å². The molecule has 2 aromatic rings. The molecule has 2 rings (SSSR count). The second-order valence-electron chi connectivity index (χ2n) is 3.35. The SMILES string of the molecule is Cc1cnn(Cc2ccccn2)c(=O)c1. The third-order valence-corrected chi connectivity index (χ3v) is 2.04. The van der Waals surface area contributed by atoms with Crippen molar-refractivity contribution in [2.45, 2.75) is 13.5 Å². The van der Waals surface area contributed by atoms with Crippen molar-refractivity contribution in [2.24, 2.45) is 0 Å². The lowest BCUT2D eigenvalue weighted by Crippen LogP contribution is -2.23. The maximum absolute atomic E-state index is 11.5. The Morgan fingerprint density at radius 2 is 2.27 bits per heavy atom. The Morgan fingerprint density at radius 3 is 2.93 bits per heavy atom. The lowest BCUT2D eigenvalue weighted by Gasteiger charge is -2.03. The smallest absolute Gasteiger partial charge is 0.267 e. The second-order valence-corrected chi connectivity index (χ2v) is 3.35. The minimum absolute atomic E-state index is 0.0966.